The summed E-state index contributed by atoms with van der Waals surface area (Å²) in [5.41, 5.74) is 1.53. The van der Waals surface area contributed by atoms with Crippen LogP contribution in [0.1, 0.15) is 18.4 Å². The van der Waals surface area contributed by atoms with E-state index in [2.05, 4.69) is 4.90 Å². The molecule has 0 amide bonds. The summed E-state index contributed by atoms with van der Waals surface area (Å²) in [4.78, 5) is 2.63. The van der Waals surface area contributed by atoms with E-state index in [9.17, 15) is 8.42 Å². The van der Waals surface area contributed by atoms with Gasteiger partial charge in [-0.15, -0.1) is 0 Å². The van der Waals surface area contributed by atoms with Crippen LogP contribution in [-0.2, 0) is 9.84 Å². The molecule has 0 bridgehead atoms. The maximum Gasteiger partial charge on any atom is 0.200 e. The Morgan fingerprint density at radius 3 is 2.67 bits per heavy atom. The van der Waals surface area contributed by atoms with Gasteiger partial charge in [-0.3, -0.25) is 4.90 Å². The number of halogens is 1. The van der Waals surface area contributed by atoms with Gasteiger partial charge in [0.15, 0.2) is 0 Å². The van der Waals surface area contributed by atoms with Gasteiger partial charge in [0, 0.05) is 22.5 Å². The molecule has 3 rings (SSSR count). The van der Waals surface area contributed by atoms with Crippen LogP contribution in [0.25, 0.3) is 5.57 Å². The van der Waals surface area contributed by atoms with E-state index < -0.39 is 9.84 Å². The van der Waals surface area contributed by atoms with Crippen molar-refractivity contribution in [1.29, 1.82) is 0 Å². The number of benzene rings is 1. The van der Waals surface area contributed by atoms with Gasteiger partial charge in [0.25, 0.3) is 0 Å². The Hall–Kier alpha value is -0.840. The standard InChI is InChI=1S/C13H14ClNO2S/c14-11-4-3-5-12-13(11)10(9-18(12,16)17)8-15-6-1-2-7-15/h3-5,9H,1-2,6-8H2. The highest BCUT2D eigenvalue weighted by Crippen LogP contribution is 2.38. The van der Waals surface area contributed by atoms with Gasteiger partial charge in [-0.05, 0) is 43.6 Å². The van der Waals surface area contributed by atoms with E-state index >= 15 is 0 Å². The Kier molecular flexibility index (Phi) is 2.96. The third-order valence-electron chi connectivity index (χ3n) is 3.49. The highest BCUT2D eigenvalue weighted by Gasteiger charge is 2.29. The molecule has 0 aromatic heterocycles. The summed E-state index contributed by atoms with van der Waals surface area (Å²) < 4.78 is 24.1. The molecule has 0 unspecified atom stereocenters. The number of hydrogen-bond acceptors (Lipinski definition) is 3. The molecule has 1 saturated heterocycles. The highest BCUT2D eigenvalue weighted by molar-refractivity contribution is 7.95. The maximum atomic E-state index is 12.0. The number of fused-ring (bicyclic) bond motifs is 1. The zero-order valence-corrected chi connectivity index (χ0v) is 11.5. The van der Waals surface area contributed by atoms with Crippen LogP contribution in [0.2, 0.25) is 5.02 Å². The van der Waals surface area contributed by atoms with Gasteiger partial charge < -0.3 is 0 Å². The number of sulfone groups is 1. The molecule has 0 radical (unpaired) electrons. The van der Waals surface area contributed by atoms with Crippen LogP contribution in [0.15, 0.2) is 28.5 Å². The van der Waals surface area contributed by atoms with Crippen LogP contribution in [0, 0.1) is 0 Å². The first kappa shape index (κ1) is 12.2. The van der Waals surface area contributed by atoms with Crippen molar-refractivity contribution in [1.82, 2.24) is 4.90 Å². The predicted molar refractivity (Wildman–Crippen MR) is 72.3 cm³/mol. The van der Waals surface area contributed by atoms with E-state index in [0.717, 1.165) is 18.7 Å². The molecular formula is C13H14ClNO2S. The van der Waals surface area contributed by atoms with Crippen LogP contribution in [0.4, 0.5) is 0 Å². The molecule has 18 heavy (non-hydrogen) atoms. The second kappa shape index (κ2) is 4.37. The van der Waals surface area contributed by atoms with E-state index in [1.807, 2.05) is 0 Å². The quantitative estimate of drug-likeness (QED) is 0.837. The van der Waals surface area contributed by atoms with Crippen molar-refractivity contribution in [3.8, 4) is 0 Å². The second-order valence-electron chi connectivity index (χ2n) is 4.78. The number of hydrogen-bond donors (Lipinski definition) is 0. The predicted octanol–water partition coefficient (Wildman–Crippen LogP) is 2.56. The Labute approximate surface area is 112 Å². The van der Waals surface area contributed by atoms with Crippen LogP contribution >= 0.6 is 11.6 Å². The van der Waals surface area contributed by atoms with Crippen LogP contribution in [0.3, 0.4) is 0 Å². The van der Waals surface area contributed by atoms with Crippen molar-refractivity contribution in [3.63, 3.8) is 0 Å². The van der Waals surface area contributed by atoms with Crippen molar-refractivity contribution < 1.29 is 8.42 Å². The minimum Gasteiger partial charge on any atom is -0.299 e. The van der Waals surface area contributed by atoms with Crippen LogP contribution in [-0.4, -0.2) is 33.0 Å². The lowest BCUT2D eigenvalue weighted by Crippen LogP contribution is -2.21. The lowest BCUT2D eigenvalue weighted by molar-refractivity contribution is 0.383. The summed E-state index contributed by atoms with van der Waals surface area (Å²) in [5, 5.41) is 1.90. The summed E-state index contributed by atoms with van der Waals surface area (Å²) in [6, 6.07) is 5.06. The Morgan fingerprint density at radius 2 is 1.94 bits per heavy atom. The van der Waals surface area contributed by atoms with Gasteiger partial charge in [-0.1, -0.05) is 17.7 Å². The normalized spacial score (nSPS) is 21.9. The van der Waals surface area contributed by atoms with Gasteiger partial charge >= 0.3 is 0 Å². The first-order valence-corrected chi connectivity index (χ1v) is 7.97. The lowest BCUT2D eigenvalue weighted by atomic mass is 10.1. The molecular weight excluding hydrogens is 270 g/mol. The average molecular weight is 284 g/mol. The average Bonchev–Trinajstić information content (AvgIpc) is 2.88. The molecule has 0 N–H and O–H groups in total. The fourth-order valence-corrected chi connectivity index (χ4v) is 4.50. The first-order chi connectivity index (χ1) is 8.58. The van der Waals surface area contributed by atoms with E-state index in [4.69, 9.17) is 11.6 Å². The monoisotopic (exact) mass is 283 g/mol. The fraction of sp³-hybridized carbons (Fsp3) is 0.385. The van der Waals surface area contributed by atoms with Crippen molar-refractivity contribution >= 4 is 27.0 Å². The fourth-order valence-electron chi connectivity index (χ4n) is 2.66. The van der Waals surface area contributed by atoms with E-state index in [1.54, 1.807) is 18.2 Å². The molecule has 0 atom stereocenters. The van der Waals surface area contributed by atoms with E-state index in [-0.39, 0.29) is 0 Å². The molecule has 0 saturated carbocycles. The Balaban J connectivity index is 2.02. The molecule has 1 aromatic rings. The first-order valence-electron chi connectivity index (χ1n) is 6.05. The van der Waals surface area contributed by atoms with E-state index in [0.29, 0.717) is 22.0 Å². The minimum atomic E-state index is -3.29. The lowest BCUT2D eigenvalue weighted by Gasteiger charge is -2.16. The smallest absolute Gasteiger partial charge is 0.200 e. The van der Waals surface area contributed by atoms with Gasteiger partial charge in [0.2, 0.25) is 9.84 Å². The molecule has 1 fully saturated rings. The van der Waals surface area contributed by atoms with Gasteiger partial charge in [0.1, 0.15) is 0 Å². The van der Waals surface area contributed by atoms with Crippen LogP contribution < -0.4 is 0 Å². The summed E-state index contributed by atoms with van der Waals surface area (Å²) in [5.74, 6) is 0. The number of likely N-dealkylation sites (tertiary alicyclic amines) is 1. The van der Waals surface area contributed by atoms with Crippen LogP contribution in [0.5, 0.6) is 0 Å². The highest BCUT2D eigenvalue weighted by atomic mass is 35.5. The summed E-state index contributed by atoms with van der Waals surface area (Å²) in [7, 11) is -3.29. The summed E-state index contributed by atoms with van der Waals surface area (Å²) in [6.07, 6.45) is 2.38. The number of rotatable bonds is 2. The second-order valence-corrected chi connectivity index (χ2v) is 6.96. The molecule has 2 aliphatic heterocycles. The molecule has 2 aliphatic rings. The van der Waals surface area contributed by atoms with Crippen molar-refractivity contribution in [3.05, 3.63) is 34.2 Å². The summed E-state index contributed by atoms with van der Waals surface area (Å²) >= 11 is 6.15. The van der Waals surface area contributed by atoms with Gasteiger partial charge in [-0.25, -0.2) is 8.42 Å². The Morgan fingerprint density at radius 1 is 1.22 bits per heavy atom. The maximum absolute atomic E-state index is 12.0. The zero-order valence-electron chi connectivity index (χ0n) is 9.89. The molecule has 0 spiro atoms. The molecule has 2 heterocycles. The molecule has 0 aliphatic carbocycles. The van der Waals surface area contributed by atoms with Crippen molar-refractivity contribution in [2.75, 3.05) is 19.6 Å². The topological polar surface area (TPSA) is 37.4 Å². The molecule has 3 nitrogen and oxygen atoms in total. The SMILES string of the molecule is O=S1(=O)C=C(CN2CCCC2)c2c(Cl)cccc21. The van der Waals surface area contributed by atoms with E-state index in [1.165, 1.54) is 18.2 Å². The molecule has 96 valence electrons. The summed E-state index contributed by atoms with van der Waals surface area (Å²) in [6.45, 7) is 2.75. The minimum absolute atomic E-state index is 0.351. The van der Waals surface area contributed by atoms with Crippen molar-refractivity contribution in [2.45, 2.75) is 17.7 Å². The van der Waals surface area contributed by atoms with Crippen molar-refractivity contribution in [2.24, 2.45) is 0 Å². The van der Waals surface area contributed by atoms with Gasteiger partial charge in [0.05, 0.1) is 4.90 Å². The third-order valence-corrected chi connectivity index (χ3v) is 5.36. The molecule has 1 aromatic carbocycles. The third kappa shape index (κ3) is 1.98. The zero-order chi connectivity index (χ0) is 12.8. The molecule has 5 heteroatoms. The Bertz CT molecular complexity index is 616. The number of nitrogens with zero attached hydrogens (tertiary/aromatic N) is 1. The van der Waals surface area contributed by atoms with Gasteiger partial charge in [-0.2, -0.15) is 0 Å². The largest absolute Gasteiger partial charge is 0.299 e.